The minimum Gasteiger partial charge on any atom is -0.611 e. The molecule has 2 aliphatic carbocycles. The fourth-order valence-corrected chi connectivity index (χ4v) is 14.7. The zero-order chi connectivity index (χ0) is 51.7. The predicted octanol–water partition coefficient (Wildman–Crippen LogP) is 3.92. The lowest BCUT2D eigenvalue weighted by molar-refractivity contribution is -0.149. The monoisotopic (exact) mass is 1050 g/mol. The summed E-state index contributed by atoms with van der Waals surface area (Å²) >= 11 is -1.14. The van der Waals surface area contributed by atoms with Crippen LogP contribution in [-0.4, -0.2) is 165 Å². The molecule has 404 valence electrons. The van der Waals surface area contributed by atoms with Gasteiger partial charge in [0.25, 0.3) is 5.91 Å². The van der Waals surface area contributed by atoms with Gasteiger partial charge in [-0.15, -0.1) is 0 Å². The first kappa shape index (κ1) is 52.1. The van der Waals surface area contributed by atoms with Gasteiger partial charge in [-0.3, -0.25) is 24.5 Å². The Kier molecular flexibility index (Phi) is 15.7. The van der Waals surface area contributed by atoms with Crippen LogP contribution in [0.5, 0.6) is 0 Å². The second-order valence-electron chi connectivity index (χ2n) is 22.8. The summed E-state index contributed by atoms with van der Waals surface area (Å²) in [5, 5.41) is 23.4. The molecule has 3 aromatic rings. The van der Waals surface area contributed by atoms with Gasteiger partial charge in [0.05, 0.1) is 37.3 Å². The van der Waals surface area contributed by atoms with Crippen molar-refractivity contribution in [3.63, 3.8) is 0 Å². The molecule has 8 heterocycles. The van der Waals surface area contributed by atoms with Gasteiger partial charge in [-0.25, -0.2) is 15.0 Å². The number of fused-ring (bicyclic) bond motifs is 2. The first-order valence-corrected chi connectivity index (χ1v) is 29.4. The van der Waals surface area contributed by atoms with Gasteiger partial charge in [0, 0.05) is 76.2 Å². The molecule has 19 nitrogen and oxygen atoms in total. The van der Waals surface area contributed by atoms with Crippen LogP contribution in [0.1, 0.15) is 148 Å². The number of carbonyl (C=O) groups excluding carboxylic acids is 4. The average Bonchev–Trinajstić information content (AvgIpc) is 3.98. The number of likely N-dealkylation sites (tertiary alicyclic amines) is 1. The molecule has 0 bridgehead atoms. The molecule has 0 spiro atoms. The topological polar surface area (TPSA) is 233 Å². The minimum absolute atomic E-state index is 0.0276. The first-order chi connectivity index (χ1) is 36.5. The molecule has 75 heavy (non-hydrogen) atoms. The lowest BCUT2D eigenvalue weighted by Gasteiger charge is -2.41. The van der Waals surface area contributed by atoms with Gasteiger partial charge in [-0.2, -0.15) is 4.98 Å². The van der Waals surface area contributed by atoms with E-state index in [1.54, 1.807) is 4.90 Å². The van der Waals surface area contributed by atoms with Crippen molar-refractivity contribution in [3.8, 4) is 0 Å². The van der Waals surface area contributed by atoms with E-state index in [1.165, 1.54) is 44.8 Å². The molecular weight excluding hydrogens is 973 g/mol. The highest BCUT2D eigenvalue weighted by Gasteiger charge is 2.44. The van der Waals surface area contributed by atoms with Gasteiger partial charge in [-0.05, 0) is 156 Å². The number of hydrogen-bond donors (Lipinski definition) is 5. The Labute approximate surface area is 443 Å². The Hall–Kier alpha value is -4.99. The number of amides is 3. The number of imide groups is 1. The van der Waals surface area contributed by atoms with E-state index < -0.39 is 28.3 Å². The number of nitrogens with one attached hydrogen (secondary N) is 4. The van der Waals surface area contributed by atoms with Crippen LogP contribution in [0.2, 0.25) is 0 Å². The SMILES string of the molecule is COC(=O)C1(NCCNC2CCC(CCN3CCC(c4ccc5c(c4)CN(C4CCC(=O)NC4=O)C5=O)CC3)CC2)CCN(c2cnc(C3CCN(c4nc5c(c(NC6(CO)CCC6)n4)[S@+]([O-])CC5)CC3)nc2)CC1. The Morgan fingerprint density at radius 2 is 1.63 bits per heavy atom. The van der Waals surface area contributed by atoms with Gasteiger partial charge >= 0.3 is 5.97 Å². The Balaban J connectivity index is 0.578. The van der Waals surface area contributed by atoms with E-state index in [0.717, 1.165) is 113 Å². The summed E-state index contributed by atoms with van der Waals surface area (Å²) in [5.41, 5.74) is 3.64. The molecule has 2 saturated carbocycles. The zero-order valence-electron chi connectivity index (χ0n) is 43.7. The number of aliphatic hydroxyl groups excluding tert-OH is 1. The third-order valence-electron chi connectivity index (χ3n) is 18.4. The van der Waals surface area contributed by atoms with Gasteiger partial charge in [-0.1, -0.05) is 12.1 Å². The Bertz CT molecular complexity index is 2550. The van der Waals surface area contributed by atoms with Gasteiger partial charge in [0.1, 0.15) is 28.9 Å². The number of nitrogens with zero attached hydrogens (tertiary/aromatic N) is 8. The van der Waals surface area contributed by atoms with Crippen LogP contribution in [0.15, 0.2) is 35.5 Å². The molecule has 11 rings (SSSR count). The molecular formula is C55H76N12O7S. The van der Waals surface area contributed by atoms with E-state index in [0.29, 0.717) is 91.8 Å². The summed E-state index contributed by atoms with van der Waals surface area (Å²) in [7, 11) is 1.48. The number of aliphatic hydroxyl groups is 1. The van der Waals surface area contributed by atoms with E-state index in [-0.39, 0.29) is 42.6 Å². The molecule has 6 aliphatic heterocycles. The molecule has 5 N–H and O–H groups in total. The van der Waals surface area contributed by atoms with Crippen LogP contribution in [0.3, 0.4) is 0 Å². The van der Waals surface area contributed by atoms with Crippen LogP contribution < -0.4 is 31.1 Å². The van der Waals surface area contributed by atoms with Crippen molar-refractivity contribution in [1.29, 1.82) is 0 Å². The highest BCUT2D eigenvalue weighted by Crippen LogP contribution is 2.41. The largest absolute Gasteiger partial charge is 0.611 e. The second kappa shape index (κ2) is 22.5. The maximum atomic E-state index is 13.3. The molecule has 20 heteroatoms. The highest BCUT2D eigenvalue weighted by molar-refractivity contribution is 7.91. The summed E-state index contributed by atoms with van der Waals surface area (Å²) in [6.45, 7) is 8.14. The van der Waals surface area contributed by atoms with Crippen molar-refractivity contribution in [1.82, 2.24) is 45.7 Å². The lowest BCUT2D eigenvalue weighted by Crippen LogP contribution is -2.60. The number of hydrogen-bond acceptors (Lipinski definition) is 17. The first-order valence-electron chi connectivity index (χ1n) is 28.1. The Morgan fingerprint density at radius 1 is 0.880 bits per heavy atom. The van der Waals surface area contributed by atoms with Crippen molar-refractivity contribution < 1.29 is 33.6 Å². The number of esters is 1. The van der Waals surface area contributed by atoms with Crippen LogP contribution in [-0.2, 0) is 43.3 Å². The smallest absolute Gasteiger partial charge is 0.326 e. The molecule has 1 unspecified atom stereocenters. The summed E-state index contributed by atoms with van der Waals surface area (Å²) in [4.78, 5) is 79.7. The number of anilines is 3. The summed E-state index contributed by atoms with van der Waals surface area (Å²) in [6, 6.07) is 6.14. The van der Waals surface area contributed by atoms with Gasteiger partial charge in [0.2, 0.25) is 22.7 Å². The normalized spacial score (nSPS) is 26.2. The quantitative estimate of drug-likeness (QED) is 0.0558. The molecule has 2 aromatic heterocycles. The van der Waals surface area contributed by atoms with E-state index >= 15 is 0 Å². The fourth-order valence-electron chi connectivity index (χ4n) is 13.4. The summed E-state index contributed by atoms with van der Waals surface area (Å²) in [5.74, 6) is 3.15. The van der Waals surface area contributed by atoms with E-state index in [4.69, 9.17) is 24.7 Å². The molecule has 2 atom stereocenters. The van der Waals surface area contributed by atoms with Crippen LogP contribution in [0.25, 0.3) is 0 Å². The third-order valence-corrected chi connectivity index (χ3v) is 19.8. The molecule has 8 aliphatic rings. The number of aryl methyl sites for hydroxylation is 1. The maximum absolute atomic E-state index is 13.3. The Morgan fingerprint density at radius 3 is 2.32 bits per heavy atom. The zero-order valence-corrected chi connectivity index (χ0v) is 44.5. The van der Waals surface area contributed by atoms with Crippen LogP contribution >= 0.6 is 0 Å². The van der Waals surface area contributed by atoms with Crippen molar-refractivity contribution in [2.75, 3.05) is 93.5 Å². The lowest BCUT2D eigenvalue weighted by atomic mass is 9.77. The number of rotatable bonds is 17. The van der Waals surface area contributed by atoms with Crippen LogP contribution in [0, 0.1) is 5.92 Å². The van der Waals surface area contributed by atoms with Crippen molar-refractivity contribution in [2.24, 2.45) is 5.92 Å². The standard InChI is InChI=1S/C55H76N12O7S/c1-74-52(72)55(19-28-65(29-20-55)42-32-57-48(58-33-42)38-14-26-66(27-15-38)53-60-44-16-30-75(73)47(44)49(62-53)63-54(35-68)17-2-18-54)59-22-21-56-41-6-3-36(4-7-41)11-23-64-24-12-37(13-25-64)39-5-8-43-40(31-39)34-67(51(43)71)45-9-10-46(69)61-50(45)70/h5,8,31-33,36-38,41,45,56,59,68H,2-4,6-7,9-30,34-35H2,1H3,(H,60,62,63)(H,61,69,70)/t36?,41?,45?,75-/m1/s1. The number of piperidine rings is 4. The van der Waals surface area contributed by atoms with Gasteiger partial charge in [0.15, 0.2) is 5.82 Å². The summed E-state index contributed by atoms with van der Waals surface area (Å²) in [6.07, 6.45) is 19.2. The molecule has 1 aromatic carbocycles. The molecule has 0 radical (unpaired) electrons. The van der Waals surface area contributed by atoms with Crippen LogP contribution in [0.4, 0.5) is 17.5 Å². The number of ether oxygens (including phenoxy) is 1. The molecule has 4 saturated heterocycles. The average molecular weight is 1050 g/mol. The highest BCUT2D eigenvalue weighted by atomic mass is 32.2. The second-order valence-corrected chi connectivity index (χ2v) is 24.3. The van der Waals surface area contributed by atoms with Crippen molar-refractivity contribution in [2.45, 2.75) is 156 Å². The van der Waals surface area contributed by atoms with E-state index in [9.17, 15) is 28.8 Å². The number of methoxy groups -OCH3 is 1. The van der Waals surface area contributed by atoms with E-state index in [1.807, 2.05) is 18.5 Å². The summed E-state index contributed by atoms with van der Waals surface area (Å²) < 4.78 is 18.3. The number of carbonyl (C=O) groups is 4. The fraction of sp³-hybridized carbons (Fsp3) is 0.673. The van der Waals surface area contributed by atoms with Crippen molar-refractivity contribution >= 4 is 52.3 Å². The molecule has 6 fully saturated rings. The molecule has 3 amide bonds. The number of benzene rings is 1. The minimum atomic E-state index is -1.14. The van der Waals surface area contributed by atoms with E-state index in [2.05, 4.69) is 48.1 Å². The van der Waals surface area contributed by atoms with Gasteiger partial charge < -0.3 is 49.9 Å². The number of aromatic nitrogens is 4. The predicted molar refractivity (Wildman–Crippen MR) is 284 cm³/mol. The maximum Gasteiger partial charge on any atom is 0.326 e. The van der Waals surface area contributed by atoms with Crippen molar-refractivity contribution in [3.05, 3.63) is 58.8 Å². The third kappa shape index (κ3) is 11.1.